The summed E-state index contributed by atoms with van der Waals surface area (Å²) in [5, 5.41) is 15.4. The standard InChI is InChI=1S/C15H25NO3S/c1-4-6-14(17)15(11(3)5-2)12-7-9-13(10-8-12)20(16,18)19/h7-11,14-15,17H,4-6H2,1-3H3,(H2,16,18,19)/t11-,14-,15-/m0/s1. The van der Waals surface area contributed by atoms with Crippen molar-refractivity contribution in [2.24, 2.45) is 11.1 Å². The molecule has 0 aliphatic rings. The Morgan fingerprint density at radius 3 is 2.15 bits per heavy atom. The van der Waals surface area contributed by atoms with Gasteiger partial charge in [0, 0.05) is 5.92 Å². The summed E-state index contributed by atoms with van der Waals surface area (Å²) < 4.78 is 22.5. The molecule has 0 radical (unpaired) electrons. The van der Waals surface area contributed by atoms with Gasteiger partial charge in [-0.1, -0.05) is 45.7 Å². The van der Waals surface area contributed by atoms with Gasteiger partial charge in [-0.3, -0.25) is 0 Å². The molecule has 0 bridgehead atoms. The summed E-state index contributed by atoms with van der Waals surface area (Å²) in [4.78, 5) is 0.106. The number of benzene rings is 1. The van der Waals surface area contributed by atoms with E-state index in [0.29, 0.717) is 5.92 Å². The zero-order valence-electron chi connectivity index (χ0n) is 12.4. The van der Waals surface area contributed by atoms with Crippen LogP contribution in [0.3, 0.4) is 0 Å². The van der Waals surface area contributed by atoms with Gasteiger partial charge in [-0.25, -0.2) is 13.6 Å². The van der Waals surface area contributed by atoms with E-state index in [4.69, 9.17) is 5.14 Å². The summed E-state index contributed by atoms with van der Waals surface area (Å²) in [7, 11) is -3.66. The minimum atomic E-state index is -3.66. The van der Waals surface area contributed by atoms with Crippen LogP contribution in [0, 0.1) is 5.92 Å². The van der Waals surface area contributed by atoms with Gasteiger partial charge in [-0.15, -0.1) is 0 Å². The number of nitrogens with two attached hydrogens (primary N) is 1. The molecule has 0 aromatic heterocycles. The minimum Gasteiger partial charge on any atom is -0.392 e. The molecule has 114 valence electrons. The molecule has 5 heteroatoms. The molecule has 0 saturated heterocycles. The first-order valence-electron chi connectivity index (χ1n) is 7.12. The molecule has 1 rings (SSSR count). The van der Waals surface area contributed by atoms with Crippen molar-refractivity contribution < 1.29 is 13.5 Å². The van der Waals surface area contributed by atoms with Crippen molar-refractivity contribution in [1.82, 2.24) is 0 Å². The van der Waals surface area contributed by atoms with Crippen LogP contribution >= 0.6 is 0 Å². The van der Waals surface area contributed by atoms with E-state index in [1.54, 1.807) is 12.1 Å². The molecule has 0 aliphatic heterocycles. The van der Waals surface area contributed by atoms with Crippen LogP contribution in [-0.2, 0) is 10.0 Å². The van der Waals surface area contributed by atoms with E-state index < -0.39 is 16.1 Å². The van der Waals surface area contributed by atoms with Crippen molar-refractivity contribution in [1.29, 1.82) is 0 Å². The lowest BCUT2D eigenvalue weighted by atomic mass is 9.80. The number of rotatable bonds is 7. The molecule has 0 amide bonds. The van der Waals surface area contributed by atoms with E-state index in [2.05, 4.69) is 13.8 Å². The highest BCUT2D eigenvalue weighted by Gasteiger charge is 2.25. The lowest BCUT2D eigenvalue weighted by Gasteiger charge is -2.28. The third-order valence-corrected chi connectivity index (χ3v) is 4.78. The largest absolute Gasteiger partial charge is 0.392 e. The lowest BCUT2D eigenvalue weighted by Crippen LogP contribution is -2.24. The zero-order chi connectivity index (χ0) is 15.3. The van der Waals surface area contributed by atoms with E-state index in [-0.39, 0.29) is 10.8 Å². The highest BCUT2D eigenvalue weighted by atomic mass is 32.2. The van der Waals surface area contributed by atoms with Gasteiger partial charge < -0.3 is 5.11 Å². The van der Waals surface area contributed by atoms with Crippen LogP contribution in [0.25, 0.3) is 0 Å². The van der Waals surface area contributed by atoms with Crippen LogP contribution in [0.1, 0.15) is 51.5 Å². The Kier molecular flexibility index (Phi) is 6.17. The Bertz CT molecular complexity index is 510. The fourth-order valence-electron chi connectivity index (χ4n) is 2.54. The number of hydrogen-bond donors (Lipinski definition) is 2. The van der Waals surface area contributed by atoms with Crippen molar-refractivity contribution in [3.8, 4) is 0 Å². The highest BCUT2D eigenvalue weighted by Crippen LogP contribution is 2.32. The Morgan fingerprint density at radius 2 is 1.75 bits per heavy atom. The maximum Gasteiger partial charge on any atom is 0.238 e. The second kappa shape index (κ2) is 7.20. The molecule has 3 N–H and O–H groups in total. The first-order chi connectivity index (χ1) is 9.31. The van der Waals surface area contributed by atoms with Crippen LogP contribution in [0.15, 0.2) is 29.2 Å². The summed E-state index contributed by atoms with van der Waals surface area (Å²) in [5.41, 5.74) is 0.965. The van der Waals surface area contributed by atoms with Gasteiger partial charge in [-0.05, 0) is 30.0 Å². The zero-order valence-corrected chi connectivity index (χ0v) is 13.2. The molecule has 20 heavy (non-hydrogen) atoms. The molecular formula is C15H25NO3S. The third kappa shape index (κ3) is 4.30. The number of aliphatic hydroxyl groups excluding tert-OH is 1. The number of hydrogen-bond acceptors (Lipinski definition) is 3. The molecule has 4 nitrogen and oxygen atoms in total. The summed E-state index contributed by atoms with van der Waals surface area (Å²) >= 11 is 0. The molecule has 0 unspecified atom stereocenters. The van der Waals surface area contributed by atoms with Gasteiger partial charge in [0.05, 0.1) is 11.0 Å². The Morgan fingerprint density at radius 1 is 1.20 bits per heavy atom. The van der Waals surface area contributed by atoms with E-state index in [0.717, 1.165) is 24.8 Å². The molecule has 0 saturated carbocycles. The van der Waals surface area contributed by atoms with Crippen LogP contribution < -0.4 is 5.14 Å². The quantitative estimate of drug-likeness (QED) is 0.812. The molecule has 0 spiro atoms. The van der Waals surface area contributed by atoms with Crippen LogP contribution in [0.5, 0.6) is 0 Å². The topological polar surface area (TPSA) is 80.4 Å². The van der Waals surface area contributed by atoms with Gasteiger partial charge in [0.1, 0.15) is 0 Å². The molecule has 3 atom stereocenters. The predicted molar refractivity (Wildman–Crippen MR) is 80.9 cm³/mol. The fraction of sp³-hybridized carbons (Fsp3) is 0.600. The lowest BCUT2D eigenvalue weighted by molar-refractivity contribution is 0.108. The fourth-order valence-corrected chi connectivity index (χ4v) is 3.05. The van der Waals surface area contributed by atoms with E-state index >= 15 is 0 Å². The summed E-state index contributed by atoms with van der Waals surface area (Å²) in [6.07, 6.45) is 2.22. The molecule has 0 heterocycles. The second-order valence-corrected chi connectivity index (χ2v) is 6.94. The first kappa shape index (κ1) is 17.1. The SMILES string of the molecule is CCC[C@H](O)[C@H](c1ccc(S(N)(=O)=O)cc1)[C@@H](C)CC. The van der Waals surface area contributed by atoms with Gasteiger partial charge in [-0.2, -0.15) is 0 Å². The monoisotopic (exact) mass is 299 g/mol. The average molecular weight is 299 g/mol. The summed E-state index contributed by atoms with van der Waals surface area (Å²) in [6.45, 7) is 6.24. The van der Waals surface area contributed by atoms with Gasteiger partial charge in [0.15, 0.2) is 0 Å². The maximum atomic E-state index is 11.3. The van der Waals surface area contributed by atoms with Gasteiger partial charge in [0.2, 0.25) is 10.0 Å². The maximum absolute atomic E-state index is 11.3. The van der Waals surface area contributed by atoms with Crippen molar-refractivity contribution in [2.75, 3.05) is 0 Å². The second-order valence-electron chi connectivity index (χ2n) is 5.38. The van der Waals surface area contributed by atoms with Crippen molar-refractivity contribution in [3.63, 3.8) is 0 Å². The minimum absolute atomic E-state index is 0.0227. The smallest absolute Gasteiger partial charge is 0.238 e. The Balaban J connectivity index is 3.08. The van der Waals surface area contributed by atoms with E-state index in [1.807, 2.05) is 6.92 Å². The molecule has 0 fully saturated rings. The van der Waals surface area contributed by atoms with Crippen molar-refractivity contribution in [3.05, 3.63) is 29.8 Å². The van der Waals surface area contributed by atoms with E-state index in [1.165, 1.54) is 12.1 Å². The highest BCUT2D eigenvalue weighted by molar-refractivity contribution is 7.89. The molecular weight excluding hydrogens is 274 g/mol. The normalized spacial score (nSPS) is 16.6. The summed E-state index contributed by atoms with van der Waals surface area (Å²) in [6, 6.07) is 6.54. The summed E-state index contributed by atoms with van der Waals surface area (Å²) in [5.74, 6) is 0.353. The van der Waals surface area contributed by atoms with Crippen molar-refractivity contribution in [2.45, 2.75) is 57.0 Å². The van der Waals surface area contributed by atoms with Crippen LogP contribution in [0.4, 0.5) is 0 Å². The van der Waals surface area contributed by atoms with Crippen LogP contribution in [-0.4, -0.2) is 19.6 Å². The molecule has 1 aromatic rings. The number of primary sulfonamides is 1. The average Bonchev–Trinajstić information content (AvgIpc) is 2.38. The number of sulfonamides is 1. The Labute approximate surface area is 122 Å². The number of aliphatic hydroxyl groups is 1. The Hall–Kier alpha value is -0.910. The van der Waals surface area contributed by atoms with Gasteiger partial charge in [0.25, 0.3) is 0 Å². The molecule has 0 aliphatic carbocycles. The molecule has 1 aromatic carbocycles. The van der Waals surface area contributed by atoms with Gasteiger partial charge >= 0.3 is 0 Å². The van der Waals surface area contributed by atoms with E-state index in [9.17, 15) is 13.5 Å². The first-order valence-corrected chi connectivity index (χ1v) is 8.66. The predicted octanol–water partition coefficient (Wildman–Crippen LogP) is 2.62. The third-order valence-electron chi connectivity index (χ3n) is 3.85. The van der Waals surface area contributed by atoms with Crippen molar-refractivity contribution >= 4 is 10.0 Å². The van der Waals surface area contributed by atoms with Crippen LogP contribution in [0.2, 0.25) is 0 Å².